The van der Waals surface area contributed by atoms with Crippen molar-refractivity contribution in [1.29, 1.82) is 0 Å². The second-order valence-corrected chi connectivity index (χ2v) is 4.86. The van der Waals surface area contributed by atoms with Crippen LogP contribution in [-0.4, -0.2) is 25.2 Å². The lowest BCUT2D eigenvalue weighted by molar-refractivity contribution is -0.121. The number of ether oxygens (including phenoxy) is 2. The van der Waals surface area contributed by atoms with E-state index in [2.05, 4.69) is 21.2 Å². The van der Waals surface area contributed by atoms with Crippen molar-refractivity contribution in [3.05, 3.63) is 27.7 Å². The van der Waals surface area contributed by atoms with Crippen molar-refractivity contribution in [1.82, 2.24) is 5.32 Å². The van der Waals surface area contributed by atoms with Crippen molar-refractivity contribution in [3.8, 4) is 5.75 Å². The quantitative estimate of drug-likeness (QED) is 0.843. The highest BCUT2D eigenvalue weighted by Crippen LogP contribution is 2.35. The first-order valence-electron chi connectivity index (χ1n) is 5.35. The van der Waals surface area contributed by atoms with Gasteiger partial charge < -0.3 is 14.8 Å². The predicted molar refractivity (Wildman–Crippen MR) is 67.4 cm³/mol. The van der Waals surface area contributed by atoms with Crippen molar-refractivity contribution < 1.29 is 19.1 Å². The Morgan fingerprint density at radius 3 is 2.83 bits per heavy atom. The molecule has 0 saturated heterocycles. The maximum atomic E-state index is 11.6. The van der Waals surface area contributed by atoms with Gasteiger partial charge in [0.25, 0.3) is 0 Å². The summed E-state index contributed by atoms with van der Waals surface area (Å²) in [5.74, 6) is -0.161. The summed E-state index contributed by atoms with van der Waals surface area (Å²) in [6.45, 7) is 1.42. The van der Waals surface area contributed by atoms with Crippen LogP contribution in [0, 0.1) is 0 Å². The normalized spacial score (nSPS) is 16.7. The Bertz CT molecular complexity index is 515. The fraction of sp³-hybridized carbons (Fsp3) is 0.333. The predicted octanol–water partition coefficient (Wildman–Crippen LogP) is 1.63. The molecule has 1 N–H and O–H groups in total. The Morgan fingerprint density at radius 1 is 1.50 bits per heavy atom. The molecule has 0 fully saturated rings. The smallest absolute Gasteiger partial charge is 0.341 e. The van der Waals surface area contributed by atoms with Crippen molar-refractivity contribution in [3.63, 3.8) is 0 Å². The molecule has 0 spiro atoms. The van der Waals surface area contributed by atoms with E-state index in [9.17, 15) is 9.59 Å². The summed E-state index contributed by atoms with van der Waals surface area (Å²) in [7, 11) is 1.32. The lowest BCUT2D eigenvalue weighted by Gasteiger charge is -2.12. The number of carbonyl (C=O) groups excluding carboxylic acids is 2. The number of carbonyl (C=O) groups is 2. The molecular weight excluding hydrogens is 302 g/mol. The average molecular weight is 314 g/mol. The third-order valence-corrected chi connectivity index (χ3v) is 3.02. The zero-order chi connectivity index (χ0) is 13.3. The lowest BCUT2D eigenvalue weighted by Crippen LogP contribution is -2.36. The number of fused-ring (bicyclic) bond motifs is 1. The van der Waals surface area contributed by atoms with Gasteiger partial charge in [-0.15, -0.1) is 0 Å². The highest BCUT2D eigenvalue weighted by Gasteiger charge is 2.29. The molecule has 1 heterocycles. The first kappa shape index (κ1) is 12.9. The van der Waals surface area contributed by atoms with Gasteiger partial charge in [0.2, 0.25) is 5.91 Å². The first-order chi connectivity index (χ1) is 8.51. The van der Waals surface area contributed by atoms with E-state index in [1.165, 1.54) is 14.0 Å². The van der Waals surface area contributed by atoms with E-state index in [1.54, 1.807) is 6.07 Å². The van der Waals surface area contributed by atoms with Gasteiger partial charge in [-0.25, -0.2) is 4.79 Å². The Balaban J connectivity index is 2.33. The molecule has 1 aromatic rings. The molecule has 0 aromatic heterocycles. The third-order valence-electron chi connectivity index (χ3n) is 2.57. The summed E-state index contributed by atoms with van der Waals surface area (Å²) in [5.41, 5.74) is 1.22. The minimum Gasteiger partial charge on any atom is -0.469 e. The van der Waals surface area contributed by atoms with E-state index < -0.39 is 12.2 Å². The first-order valence-corrected chi connectivity index (χ1v) is 6.15. The molecule has 1 amide bonds. The van der Waals surface area contributed by atoms with Gasteiger partial charge in [0.15, 0.2) is 6.23 Å². The van der Waals surface area contributed by atoms with Crippen molar-refractivity contribution in [2.75, 3.05) is 7.11 Å². The molecule has 5 nitrogen and oxygen atoms in total. The number of amides is 1. The van der Waals surface area contributed by atoms with Gasteiger partial charge in [-0.2, -0.15) is 0 Å². The van der Waals surface area contributed by atoms with Crippen molar-refractivity contribution in [2.45, 2.75) is 19.6 Å². The Morgan fingerprint density at radius 2 is 2.22 bits per heavy atom. The van der Waals surface area contributed by atoms with Crippen molar-refractivity contribution >= 4 is 27.8 Å². The van der Waals surface area contributed by atoms with Gasteiger partial charge in [0.1, 0.15) is 11.3 Å². The molecule has 1 aliphatic rings. The second kappa shape index (κ2) is 4.97. The second-order valence-electron chi connectivity index (χ2n) is 3.94. The van der Waals surface area contributed by atoms with Crippen LogP contribution in [0.3, 0.4) is 0 Å². The van der Waals surface area contributed by atoms with Crippen LogP contribution in [0.15, 0.2) is 16.6 Å². The van der Waals surface area contributed by atoms with Gasteiger partial charge in [0, 0.05) is 23.4 Å². The minimum atomic E-state index is -0.462. The number of hydrogen-bond acceptors (Lipinski definition) is 4. The maximum Gasteiger partial charge on any atom is 0.341 e. The summed E-state index contributed by atoms with van der Waals surface area (Å²) < 4.78 is 11.1. The van der Waals surface area contributed by atoms with E-state index in [-0.39, 0.29) is 5.91 Å². The van der Waals surface area contributed by atoms with E-state index in [1.807, 2.05) is 6.07 Å². The summed E-state index contributed by atoms with van der Waals surface area (Å²) in [6, 6.07) is 3.50. The number of nitrogens with one attached hydrogen (secondary N) is 1. The largest absolute Gasteiger partial charge is 0.469 e. The Hall–Kier alpha value is -1.56. The molecule has 0 aliphatic carbocycles. The fourth-order valence-corrected chi connectivity index (χ4v) is 2.40. The standard InChI is InChI=1S/C12H12BrNO4/c1-6(15)14-10-4-7-3-8(13)5-9(11(7)18-10)12(16)17-2/h3,5,10H,4H2,1-2H3,(H,14,15). The van der Waals surface area contributed by atoms with Gasteiger partial charge >= 0.3 is 5.97 Å². The highest BCUT2D eigenvalue weighted by atomic mass is 79.9. The van der Waals surface area contributed by atoms with E-state index in [0.29, 0.717) is 17.7 Å². The number of hydrogen-bond donors (Lipinski definition) is 1. The van der Waals surface area contributed by atoms with Crippen LogP contribution in [0.5, 0.6) is 5.75 Å². The molecule has 1 aliphatic heterocycles. The summed E-state index contributed by atoms with van der Waals surface area (Å²) in [6.07, 6.45) is 0.0911. The third kappa shape index (κ3) is 2.48. The summed E-state index contributed by atoms with van der Waals surface area (Å²) in [4.78, 5) is 22.6. The molecular formula is C12H12BrNO4. The average Bonchev–Trinajstić information content (AvgIpc) is 2.67. The van der Waals surface area contributed by atoms with Gasteiger partial charge in [-0.1, -0.05) is 15.9 Å². The number of methoxy groups -OCH3 is 1. The van der Waals surface area contributed by atoms with Crippen LogP contribution in [0.4, 0.5) is 0 Å². The molecule has 96 valence electrons. The summed E-state index contributed by atoms with van der Waals surface area (Å²) >= 11 is 3.33. The SMILES string of the molecule is COC(=O)c1cc(Br)cc2c1OC(NC(C)=O)C2. The van der Waals surface area contributed by atoms with Crippen LogP contribution in [0.1, 0.15) is 22.8 Å². The van der Waals surface area contributed by atoms with Crippen LogP contribution >= 0.6 is 15.9 Å². The van der Waals surface area contributed by atoms with Crippen LogP contribution in [0.25, 0.3) is 0 Å². The van der Waals surface area contributed by atoms with Gasteiger partial charge in [0.05, 0.1) is 7.11 Å². The van der Waals surface area contributed by atoms with Gasteiger partial charge in [-0.05, 0) is 12.1 Å². The molecule has 1 aromatic carbocycles. The molecule has 6 heteroatoms. The van der Waals surface area contributed by atoms with E-state index >= 15 is 0 Å². The van der Waals surface area contributed by atoms with Crippen LogP contribution < -0.4 is 10.1 Å². The number of esters is 1. The fourth-order valence-electron chi connectivity index (χ4n) is 1.89. The zero-order valence-electron chi connectivity index (χ0n) is 9.95. The monoisotopic (exact) mass is 313 g/mol. The van der Waals surface area contributed by atoms with Crippen LogP contribution in [0.2, 0.25) is 0 Å². The van der Waals surface area contributed by atoms with Crippen molar-refractivity contribution in [2.24, 2.45) is 0 Å². The molecule has 1 unspecified atom stereocenters. The van der Waals surface area contributed by atoms with E-state index in [4.69, 9.17) is 9.47 Å². The molecule has 1 atom stereocenters. The van der Waals surface area contributed by atoms with Crippen LogP contribution in [-0.2, 0) is 16.0 Å². The summed E-state index contributed by atoms with van der Waals surface area (Å²) in [5, 5.41) is 2.66. The number of rotatable bonds is 2. The molecule has 18 heavy (non-hydrogen) atoms. The molecule has 2 rings (SSSR count). The molecule has 0 saturated carbocycles. The lowest BCUT2D eigenvalue weighted by atomic mass is 10.1. The van der Waals surface area contributed by atoms with E-state index in [0.717, 1.165) is 10.0 Å². The molecule has 0 bridgehead atoms. The Labute approximate surface area is 113 Å². The minimum absolute atomic E-state index is 0.175. The van der Waals surface area contributed by atoms with Gasteiger partial charge in [-0.3, -0.25) is 4.79 Å². The number of benzene rings is 1. The Kier molecular flexibility index (Phi) is 3.56. The highest BCUT2D eigenvalue weighted by molar-refractivity contribution is 9.10. The zero-order valence-corrected chi connectivity index (χ0v) is 11.5. The number of halogens is 1. The topological polar surface area (TPSA) is 64.6 Å². The maximum absolute atomic E-state index is 11.6. The molecule has 0 radical (unpaired) electrons.